The number of nitrogens with two attached hydrogens (primary N) is 1. The maximum Gasteiger partial charge on any atom is 0.240 e. The summed E-state index contributed by atoms with van der Waals surface area (Å²) >= 11 is 0. The number of hydrogen-bond donors (Lipinski definition) is 2. The van der Waals surface area contributed by atoms with E-state index in [1.54, 1.807) is 7.11 Å². The zero-order chi connectivity index (χ0) is 12.3. The molecule has 0 saturated heterocycles. The fraction of sp³-hybridized carbons (Fsp3) is 0.462. The van der Waals surface area contributed by atoms with Crippen molar-refractivity contribution in [2.24, 2.45) is 5.73 Å². The highest BCUT2D eigenvalue weighted by atomic mass is 35.5. The Morgan fingerprint density at radius 1 is 1.39 bits per heavy atom. The third-order valence-corrected chi connectivity index (χ3v) is 3.10. The molecule has 0 aromatic heterocycles. The minimum Gasteiger partial charge on any atom is -0.380 e. The lowest BCUT2D eigenvalue weighted by atomic mass is 10.1. The Balaban J connectivity index is 0.00000162. The standard InChI is InChI=1S/C13H18N2O2.ClH/c1-17-9-11-5-3-2-4-10(11)8-15-12(16)13(14)6-7-13;/h2-5H,6-9,14H2,1H3,(H,15,16);1H. The maximum atomic E-state index is 11.7. The summed E-state index contributed by atoms with van der Waals surface area (Å²) in [7, 11) is 1.66. The summed E-state index contributed by atoms with van der Waals surface area (Å²) in [6.07, 6.45) is 1.58. The van der Waals surface area contributed by atoms with Gasteiger partial charge in [-0.05, 0) is 24.0 Å². The topological polar surface area (TPSA) is 64.3 Å². The highest BCUT2D eigenvalue weighted by molar-refractivity contribution is 5.88. The number of carbonyl (C=O) groups excluding carboxylic acids is 1. The van der Waals surface area contributed by atoms with Crippen molar-refractivity contribution >= 4 is 18.3 Å². The van der Waals surface area contributed by atoms with Gasteiger partial charge >= 0.3 is 0 Å². The van der Waals surface area contributed by atoms with Crippen LogP contribution in [0.25, 0.3) is 0 Å². The van der Waals surface area contributed by atoms with E-state index in [2.05, 4.69) is 5.32 Å². The quantitative estimate of drug-likeness (QED) is 0.849. The number of halogens is 1. The number of carbonyl (C=O) groups is 1. The van der Waals surface area contributed by atoms with Crippen LogP contribution in [0.5, 0.6) is 0 Å². The van der Waals surface area contributed by atoms with Crippen molar-refractivity contribution in [1.82, 2.24) is 5.32 Å². The number of amides is 1. The molecule has 0 atom stereocenters. The molecule has 0 spiro atoms. The normalized spacial score (nSPS) is 15.7. The Kier molecular flexibility index (Phi) is 5.14. The van der Waals surface area contributed by atoms with Crippen molar-refractivity contribution < 1.29 is 9.53 Å². The summed E-state index contributed by atoms with van der Waals surface area (Å²) in [6, 6.07) is 7.91. The molecule has 0 aliphatic heterocycles. The van der Waals surface area contributed by atoms with Crippen LogP contribution < -0.4 is 11.1 Å². The SMILES string of the molecule is COCc1ccccc1CNC(=O)C1(N)CC1.Cl. The third-order valence-electron chi connectivity index (χ3n) is 3.10. The highest BCUT2D eigenvalue weighted by Gasteiger charge is 2.45. The molecule has 1 aliphatic rings. The molecule has 0 radical (unpaired) electrons. The van der Waals surface area contributed by atoms with Gasteiger partial charge in [0, 0.05) is 13.7 Å². The molecule has 1 saturated carbocycles. The largest absolute Gasteiger partial charge is 0.380 e. The summed E-state index contributed by atoms with van der Waals surface area (Å²) < 4.78 is 5.12. The van der Waals surface area contributed by atoms with Gasteiger partial charge in [0.25, 0.3) is 0 Å². The summed E-state index contributed by atoms with van der Waals surface area (Å²) in [5, 5.41) is 2.88. The molecule has 4 nitrogen and oxygen atoms in total. The number of hydrogen-bond acceptors (Lipinski definition) is 3. The molecule has 3 N–H and O–H groups in total. The number of methoxy groups -OCH3 is 1. The van der Waals surface area contributed by atoms with Crippen molar-refractivity contribution in [2.75, 3.05) is 7.11 Å². The van der Waals surface area contributed by atoms with E-state index in [1.807, 2.05) is 24.3 Å². The summed E-state index contributed by atoms with van der Waals surface area (Å²) in [4.78, 5) is 11.7. The lowest BCUT2D eigenvalue weighted by molar-refractivity contribution is -0.123. The fourth-order valence-electron chi connectivity index (χ4n) is 1.74. The zero-order valence-electron chi connectivity index (χ0n) is 10.4. The first-order valence-electron chi connectivity index (χ1n) is 5.78. The smallest absolute Gasteiger partial charge is 0.240 e. The van der Waals surface area contributed by atoms with E-state index in [0.717, 1.165) is 24.0 Å². The molecule has 2 rings (SSSR count). The average molecular weight is 271 g/mol. The van der Waals surface area contributed by atoms with Crippen LogP contribution in [0.15, 0.2) is 24.3 Å². The predicted molar refractivity (Wildman–Crippen MR) is 72.4 cm³/mol. The van der Waals surface area contributed by atoms with Gasteiger partial charge in [0.05, 0.1) is 12.1 Å². The van der Waals surface area contributed by atoms with Crippen molar-refractivity contribution in [3.05, 3.63) is 35.4 Å². The van der Waals surface area contributed by atoms with Gasteiger partial charge in [-0.15, -0.1) is 12.4 Å². The lowest BCUT2D eigenvalue weighted by Gasteiger charge is -2.12. The molecular weight excluding hydrogens is 252 g/mol. The highest BCUT2D eigenvalue weighted by Crippen LogP contribution is 2.32. The molecule has 18 heavy (non-hydrogen) atoms. The Bertz CT molecular complexity index is 419. The van der Waals surface area contributed by atoms with E-state index in [0.29, 0.717) is 13.2 Å². The van der Waals surface area contributed by atoms with E-state index in [9.17, 15) is 4.79 Å². The number of ether oxygens (including phenoxy) is 1. The first-order valence-corrected chi connectivity index (χ1v) is 5.78. The monoisotopic (exact) mass is 270 g/mol. The predicted octanol–water partition coefficient (Wildman–Crippen LogP) is 1.36. The van der Waals surface area contributed by atoms with Gasteiger partial charge in [0.15, 0.2) is 0 Å². The summed E-state index contributed by atoms with van der Waals surface area (Å²) in [5.41, 5.74) is 7.38. The van der Waals surface area contributed by atoms with E-state index in [4.69, 9.17) is 10.5 Å². The summed E-state index contributed by atoms with van der Waals surface area (Å²) in [5.74, 6) is -0.0512. The number of rotatable bonds is 5. The Labute approximate surface area is 113 Å². The second-order valence-electron chi connectivity index (χ2n) is 4.54. The molecule has 0 unspecified atom stereocenters. The Morgan fingerprint density at radius 2 is 2.00 bits per heavy atom. The van der Waals surface area contributed by atoms with Gasteiger partial charge in [-0.2, -0.15) is 0 Å². The van der Waals surface area contributed by atoms with Crippen LogP contribution in [0.1, 0.15) is 24.0 Å². The van der Waals surface area contributed by atoms with E-state index in [-0.39, 0.29) is 18.3 Å². The Hall–Kier alpha value is -1.10. The van der Waals surface area contributed by atoms with Crippen LogP contribution in [0.2, 0.25) is 0 Å². The van der Waals surface area contributed by atoms with Crippen molar-refractivity contribution in [2.45, 2.75) is 31.5 Å². The third kappa shape index (κ3) is 3.45. The maximum absolute atomic E-state index is 11.7. The second-order valence-corrected chi connectivity index (χ2v) is 4.54. The van der Waals surface area contributed by atoms with Crippen LogP contribution in [0.3, 0.4) is 0 Å². The van der Waals surface area contributed by atoms with E-state index in [1.165, 1.54) is 0 Å². The number of nitrogens with one attached hydrogen (secondary N) is 1. The number of benzene rings is 1. The molecule has 1 aromatic carbocycles. The molecule has 1 fully saturated rings. The first kappa shape index (κ1) is 15.0. The molecule has 1 amide bonds. The fourth-order valence-corrected chi connectivity index (χ4v) is 1.74. The van der Waals surface area contributed by atoms with Crippen molar-refractivity contribution in [3.63, 3.8) is 0 Å². The van der Waals surface area contributed by atoms with Gasteiger partial charge in [-0.25, -0.2) is 0 Å². The van der Waals surface area contributed by atoms with E-state index >= 15 is 0 Å². The van der Waals surface area contributed by atoms with Gasteiger partial charge in [0.1, 0.15) is 0 Å². The van der Waals surface area contributed by atoms with Crippen LogP contribution >= 0.6 is 12.4 Å². The molecule has 100 valence electrons. The average Bonchev–Trinajstić information content (AvgIpc) is 3.08. The summed E-state index contributed by atoms with van der Waals surface area (Å²) in [6.45, 7) is 1.07. The van der Waals surface area contributed by atoms with Crippen LogP contribution in [-0.4, -0.2) is 18.6 Å². The zero-order valence-corrected chi connectivity index (χ0v) is 11.3. The molecule has 0 bridgehead atoms. The molecule has 0 heterocycles. The molecule has 1 aliphatic carbocycles. The second kappa shape index (κ2) is 6.18. The van der Waals surface area contributed by atoms with Crippen molar-refractivity contribution in [1.29, 1.82) is 0 Å². The van der Waals surface area contributed by atoms with Gasteiger partial charge < -0.3 is 15.8 Å². The minimum atomic E-state index is -0.601. The van der Waals surface area contributed by atoms with Crippen molar-refractivity contribution in [3.8, 4) is 0 Å². The van der Waals surface area contributed by atoms with Crippen LogP contribution in [0, 0.1) is 0 Å². The molecule has 1 aromatic rings. The van der Waals surface area contributed by atoms with Gasteiger partial charge in [-0.1, -0.05) is 24.3 Å². The van der Waals surface area contributed by atoms with E-state index < -0.39 is 5.54 Å². The molecule has 5 heteroatoms. The van der Waals surface area contributed by atoms with Gasteiger partial charge in [0.2, 0.25) is 5.91 Å². The minimum absolute atomic E-state index is 0. The lowest BCUT2D eigenvalue weighted by Crippen LogP contribution is -2.42. The van der Waals surface area contributed by atoms with Crippen LogP contribution in [0.4, 0.5) is 0 Å². The Morgan fingerprint density at radius 3 is 2.56 bits per heavy atom. The van der Waals surface area contributed by atoms with Crippen LogP contribution in [-0.2, 0) is 22.7 Å². The molecular formula is C13H19ClN2O2. The first-order chi connectivity index (χ1) is 8.15. The van der Waals surface area contributed by atoms with Gasteiger partial charge in [-0.3, -0.25) is 4.79 Å².